The van der Waals surface area contributed by atoms with E-state index in [1.807, 2.05) is 32.0 Å². The fourth-order valence-electron chi connectivity index (χ4n) is 2.36. The molecule has 23 heavy (non-hydrogen) atoms. The molecule has 2 N–H and O–H groups in total. The fraction of sp³-hybridized carbons (Fsp3) is 0.500. The van der Waals surface area contributed by atoms with E-state index in [2.05, 4.69) is 10.6 Å². The van der Waals surface area contributed by atoms with Gasteiger partial charge in [-0.05, 0) is 31.0 Å². The SMILES string of the molecule is Cc1cccc(NC(=O)CN(C)C(=O)C2COCCN2)c1C.Cl. The van der Waals surface area contributed by atoms with Crippen molar-refractivity contribution in [3.8, 4) is 0 Å². The van der Waals surface area contributed by atoms with Gasteiger partial charge in [-0.1, -0.05) is 12.1 Å². The first-order valence-electron chi connectivity index (χ1n) is 7.41. The number of benzene rings is 1. The molecule has 1 aromatic carbocycles. The molecule has 0 bridgehead atoms. The van der Waals surface area contributed by atoms with Crippen LogP contribution in [0.1, 0.15) is 11.1 Å². The maximum atomic E-state index is 12.2. The molecule has 1 aromatic rings. The topological polar surface area (TPSA) is 70.7 Å². The summed E-state index contributed by atoms with van der Waals surface area (Å²) in [7, 11) is 1.63. The first-order valence-corrected chi connectivity index (χ1v) is 7.41. The van der Waals surface area contributed by atoms with Crippen LogP contribution < -0.4 is 10.6 Å². The number of hydrogen-bond donors (Lipinski definition) is 2. The number of rotatable bonds is 4. The van der Waals surface area contributed by atoms with Crippen LogP contribution in [0.15, 0.2) is 18.2 Å². The standard InChI is InChI=1S/C16H23N3O3.ClH/c1-11-5-4-6-13(12(11)2)18-15(20)9-19(3)16(21)14-10-22-8-7-17-14;/h4-6,14,17H,7-10H2,1-3H3,(H,18,20);1H. The molecule has 2 amide bonds. The average molecular weight is 342 g/mol. The largest absolute Gasteiger partial charge is 0.378 e. The van der Waals surface area contributed by atoms with Crippen LogP contribution in [-0.4, -0.2) is 56.1 Å². The van der Waals surface area contributed by atoms with E-state index >= 15 is 0 Å². The second-order valence-electron chi connectivity index (χ2n) is 5.57. The lowest BCUT2D eigenvalue weighted by Gasteiger charge is -2.27. The molecular weight excluding hydrogens is 318 g/mol. The number of likely N-dealkylation sites (N-methyl/N-ethyl adjacent to an activating group) is 1. The number of nitrogens with one attached hydrogen (secondary N) is 2. The normalized spacial score (nSPS) is 17.1. The summed E-state index contributed by atoms with van der Waals surface area (Å²) < 4.78 is 5.27. The molecule has 1 aliphatic heterocycles. The molecule has 0 aliphatic carbocycles. The molecule has 1 saturated heterocycles. The van der Waals surface area contributed by atoms with E-state index in [-0.39, 0.29) is 36.8 Å². The third-order valence-electron chi connectivity index (χ3n) is 3.86. The number of morpholine rings is 1. The summed E-state index contributed by atoms with van der Waals surface area (Å²) in [6.45, 7) is 5.59. The number of aryl methyl sites for hydroxylation is 1. The first-order chi connectivity index (χ1) is 10.5. The van der Waals surface area contributed by atoms with Gasteiger partial charge in [0.15, 0.2) is 0 Å². The number of anilines is 1. The molecule has 6 nitrogen and oxygen atoms in total. The van der Waals surface area contributed by atoms with Crippen LogP contribution in [0.2, 0.25) is 0 Å². The van der Waals surface area contributed by atoms with Gasteiger partial charge in [0.25, 0.3) is 0 Å². The summed E-state index contributed by atoms with van der Waals surface area (Å²) in [6, 6.07) is 5.39. The van der Waals surface area contributed by atoms with E-state index in [0.717, 1.165) is 16.8 Å². The molecule has 1 atom stereocenters. The Balaban J connectivity index is 0.00000264. The second kappa shape index (κ2) is 8.86. The first kappa shape index (κ1) is 19.4. The molecule has 1 fully saturated rings. The molecule has 0 aromatic heterocycles. The smallest absolute Gasteiger partial charge is 0.243 e. The Morgan fingerprint density at radius 3 is 2.78 bits per heavy atom. The van der Waals surface area contributed by atoms with Crippen LogP contribution in [0.5, 0.6) is 0 Å². The van der Waals surface area contributed by atoms with Crippen molar-refractivity contribution in [2.45, 2.75) is 19.9 Å². The van der Waals surface area contributed by atoms with Gasteiger partial charge in [0, 0.05) is 19.3 Å². The van der Waals surface area contributed by atoms with E-state index in [4.69, 9.17) is 4.74 Å². The number of carbonyl (C=O) groups is 2. The highest BCUT2D eigenvalue weighted by atomic mass is 35.5. The quantitative estimate of drug-likeness (QED) is 0.860. The van der Waals surface area contributed by atoms with E-state index in [9.17, 15) is 9.59 Å². The molecule has 1 aliphatic rings. The highest BCUT2D eigenvalue weighted by Crippen LogP contribution is 2.17. The van der Waals surface area contributed by atoms with E-state index in [0.29, 0.717) is 19.8 Å². The predicted molar refractivity (Wildman–Crippen MR) is 92.0 cm³/mol. The highest BCUT2D eigenvalue weighted by molar-refractivity contribution is 5.95. The summed E-state index contributed by atoms with van der Waals surface area (Å²) in [5.74, 6) is -0.336. The Bertz CT molecular complexity index is 560. The zero-order valence-corrected chi connectivity index (χ0v) is 14.5. The fourth-order valence-corrected chi connectivity index (χ4v) is 2.36. The van der Waals surface area contributed by atoms with Crippen LogP contribution in [0.3, 0.4) is 0 Å². The van der Waals surface area contributed by atoms with Crippen molar-refractivity contribution in [1.82, 2.24) is 10.2 Å². The second-order valence-corrected chi connectivity index (χ2v) is 5.57. The van der Waals surface area contributed by atoms with Crippen molar-refractivity contribution in [1.29, 1.82) is 0 Å². The predicted octanol–water partition coefficient (Wildman–Crippen LogP) is 1.11. The van der Waals surface area contributed by atoms with E-state index < -0.39 is 0 Å². The van der Waals surface area contributed by atoms with Crippen LogP contribution in [0, 0.1) is 13.8 Å². The van der Waals surface area contributed by atoms with Crippen molar-refractivity contribution >= 4 is 29.9 Å². The number of halogens is 1. The molecule has 7 heteroatoms. The minimum Gasteiger partial charge on any atom is -0.378 e. The van der Waals surface area contributed by atoms with E-state index in [1.54, 1.807) is 7.05 Å². The highest BCUT2D eigenvalue weighted by Gasteiger charge is 2.25. The van der Waals surface area contributed by atoms with Crippen LogP contribution >= 0.6 is 12.4 Å². The maximum absolute atomic E-state index is 12.2. The van der Waals surface area contributed by atoms with Crippen LogP contribution in [-0.2, 0) is 14.3 Å². The lowest BCUT2D eigenvalue weighted by atomic mass is 10.1. The Hall–Kier alpha value is -1.63. The van der Waals surface area contributed by atoms with Gasteiger partial charge >= 0.3 is 0 Å². The van der Waals surface area contributed by atoms with Gasteiger partial charge < -0.3 is 20.3 Å². The van der Waals surface area contributed by atoms with Crippen molar-refractivity contribution < 1.29 is 14.3 Å². The molecule has 1 heterocycles. The van der Waals surface area contributed by atoms with Gasteiger partial charge in [-0.2, -0.15) is 0 Å². The molecule has 0 saturated carbocycles. The van der Waals surface area contributed by atoms with Crippen molar-refractivity contribution in [3.63, 3.8) is 0 Å². The number of amides is 2. The van der Waals surface area contributed by atoms with Crippen LogP contribution in [0.4, 0.5) is 5.69 Å². The zero-order valence-electron chi connectivity index (χ0n) is 13.7. The Kier molecular flexibility index (Phi) is 7.48. The minimum atomic E-state index is -0.368. The molecule has 2 rings (SSSR count). The van der Waals surface area contributed by atoms with Gasteiger partial charge in [0.2, 0.25) is 11.8 Å². The number of hydrogen-bond acceptors (Lipinski definition) is 4. The van der Waals surface area contributed by atoms with Gasteiger partial charge in [0.05, 0.1) is 19.8 Å². The monoisotopic (exact) mass is 341 g/mol. The van der Waals surface area contributed by atoms with Gasteiger partial charge in [-0.25, -0.2) is 0 Å². The van der Waals surface area contributed by atoms with Gasteiger partial charge in [-0.15, -0.1) is 12.4 Å². The third-order valence-corrected chi connectivity index (χ3v) is 3.86. The van der Waals surface area contributed by atoms with Gasteiger partial charge in [-0.3, -0.25) is 9.59 Å². The summed E-state index contributed by atoms with van der Waals surface area (Å²) in [5.41, 5.74) is 2.93. The third kappa shape index (κ3) is 5.20. The summed E-state index contributed by atoms with van der Waals surface area (Å²) >= 11 is 0. The average Bonchev–Trinajstić information content (AvgIpc) is 2.52. The lowest BCUT2D eigenvalue weighted by Crippen LogP contribution is -2.52. The van der Waals surface area contributed by atoms with Crippen molar-refractivity contribution in [2.24, 2.45) is 0 Å². The zero-order chi connectivity index (χ0) is 16.1. The van der Waals surface area contributed by atoms with Crippen molar-refractivity contribution in [2.75, 3.05) is 38.7 Å². The molecule has 1 unspecified atom stereocenters. The number of ether oxygens (including phenoxy) is 1. The Morgan fingerprint density at radius 2 is 2.13 bits per heavy atom. The summed E-state index contributed by atoms with van der Waals surface area (Å²) in [5, 5.41) is 5.95. The van der Waals surface area contributed by atoms with Gasteiger partial charge in [0.1, 0.15) is 6.04 Å². The molecular formula is C16H24ClN3O3. The molecule has 128 valence electrons. The number of carbonyl (C=O) groups excluding carboxylic acids is 2. The maximum Gasteiger partial charge on any atom is 0.243 e. The molecule has 0 radical (unpaired) electrons. The Labute approximate surface area is 143 Å². The summed E-state index contributed by atoms with van der Waals surface area (Å²) in [4.78, 5) is 25.8. The van der Waals surface area contributed by atoms with E-state index in [1.165, 1.54) is 4.90 Å². The molecule has 0 spiro atoms. The van der Waals surface area contributed by atoms with Crippen LogP contribution in [0.25, 0.3) is 0 Å². The lowest BCUT2D eigenvalue weighted by molar-refractivity contribution is -0.137. The number of nitrogens with zero attached hydrogens (tertiary/aromatic N) is 1. The summed E-state index contributed by atoms with van der Waals surface area (Å²) in [6.07, 6.45) is 0. The Morgan fingerprint density at radius 1 is 1.39 bits per heavy atom. The minimum absolute atomic E-state index is 0. The van der Waals surface area contributed by atoms with Crippen molar-refractivity contribution in [3.05, 3.63) is 29.3 Å².